The van der Waals surface area contributed by atoms with Crippen LogP contribution in [-0.2, 0) is 0 Å². The smallest absolute Gasteiger partial charge is 0.344 e. The third-order valence-corrected chi connectivity index (χ3v) is 3.29. The van der Waals surface area contributed by atoms with E-state index in [1.807, 2.05) is 0 Å². The maximum Gasteiger partial charge on any atom is 0.344 e. The van der Waals surface area contributed by atoms with Crippen LogP contribution >= 0.6 is 0 Å². The van der Waals surface area contributed by atoms with E-state index in [0.717, 1.165) is 0 Å². The number of fused-ring (bicyclic) bond motifs is 3. The number of nitro groups is 1. The first kappa shape index (κ1) is 12.2. The molecular formula is C14H9NO5. The van der Waals surface area contributed by atoms with Crippen LogP contribution in [0.5, 0.6) is 5.75 Å². The fourth-order valence-electron chi connectivity index (χ4n) is 2.29. The van der Waals surface area contributed by atoms with E-state index in [2.05, 4.69) is 0 Å². The Balaban J connectivity index is 2.63. The van der Waals surface area contributed by atoms with Crippen molar-refractivity contribution < 1.29 is 14.4 Å². The highest BCUT2D eigenvalue weighted by atomic mass is 16.6. The Kier molecular flexibility index (Phi) is 2.47. The minimum Gasteiger partial charge on any atom is -0.502 e. The number of phenols is 1. The first-order valence-electron chi connectivity index (χ1n) is 5.83. The van der Waals surface area contributed by atoms with Gasteiger partial charge in [0.05, 0.1) is 10.3 Å². The molecule has 100 valence electrons. The zero-order valence-electron chi connectivity index (χ0n) is 10.4. The highest BCUT2D eigenvalue weighted by Gasteiger charge is 2.21. The van der Waals surface area contributed by atoms with Gasteiger partial charge in [0.1, 0.15) is 5.58 Å². The summed E-state index contributed by atoms with van der Waals surface area (Å²) < 4.78 is 5.18. The van der Waals surface area contributed by atoms with Crippen molar-refractivity contribution in [2.24, 2.45) is 0 Å². The molecule has 0 fully saturated rings. The lowest BCUT2D eigenvalue weighted by Crippen LogP contribution is -2.01. The zero-order valence-corrected chi connectivity index (χ0v) is 10.4. The Morgan fingerprint density at radius 2 is 1.85 bits per heavy atom. The second kappa shape index (κ2) is 4.06. The molecule has 0 unspecified atom stereocenters. The van der Waals surface area contributed by atoms with Crippen LogP contribution in [0.4, 0.5) is 5.69 Å². The Bertz CT molecular complexity index is 926. The summed E-state index contributed by atoms with van der Waals surface area (Å²) in [5, 5.41) is 22.1. The number of aromatic hydroxyl groups is 1. The minimum atomic E-state index is -0.665. The van der Waals surface area contributed by atoms with Crippen molar-refractivity contribution in [1.82, 2.24) is 0 Å². The Morgan fingerprint density at radius 3 is 2.50 bits per heavy atom. The fraction of sp³-hybridized carbons (Fsp3) is 0.0714. The number of nitrogens with zero attached hydrogens (tertiary/aromatic N) is 1. The first-order chi connectivity index (χ1) is 9.50. The molecule has 0 aliphatic rings. The van der Waals surface area contributed by atoms with Crippen LogP contribution in [0.3, 0.4) is 0 Å². The summed E-state index contributed by atoms with van der Waals surface area (Å²) in [7, 11) is 0. The van der Waals surface area contributed by atoms with Crippen molar-refractivity contribution in [2.45, 2.75) is 6.92 Å². The largest absolute Gasteiger partial charge is 0.502 e. The van der Waals surface area contributed by atoms with Gasteiger partial charge in [0, 0.05) is 22.4 Å². The second-order valence-corrected chi connectivity index (χ2v) is 4.44. The Morgan fingerprint density at radius 1 is 1.20 bits per heavy atom. The van der Waals surface area contributed by atoms with Crippen LogP contribution in [0.25, 0.3) is 21.7 Å². The van der Waals surface area contributed by atoms with Gasteiger partial charge < -0.3 is 9.52 Å². The molecule has 0 amide bonds. The van der Waals surface area contributed by atoms with E-state index in [4.69, 9.17) is 4.42 Å². The standard InChI is InChI=1S/C14H9NO5/c1-7-12(16)11(15(18)19)6-10-8-4-2-3-5-9(8)14(17)20-13(7)10/h2-6,16H,1H3. The van der Waals surface area contributed by atoms with Crippen molar-refractivity contribution in [3.05, 3.63) is 56.4 Å². The van der Waals surface area contributed by atoms with Gasteiger partial charge in [-0.2, -0.15) is 0 Å². The molecule has 20 heavy (non-hydrogen) atoms. The predicted octanol–water partition coefficient (Wildman–Crippen LogP) is 2.87. The highest BCUT2D eigenvalue weighted by Crippen LogP contribution is 2.37. The van der Waals surface area contributed by atoms with E-state index >= 15 is 0 Å². The molecule has 0 spiro atoms. The number of hydrogen-bond donors (Lipinski definition) is 1. The van der Waals surface area contributed by atoms with Gasteiger partial charge in [-0.15, -0.1) is 0 Å². The summed E-state index contributed by atoms with van der Waals surface area (Å²) in [6.07, 6.45) is 0. The van der Waals surface area contributed by atoms with Crippen molar-refractivity contribution in [2.75, 3.05) is 0 Å². The van der Waals surface area contributed by atoms with Gasteiger partial charge >= 0.3 is 11.3 Å². The van der Waals surface area contributed by atoms with Crippen molar-refractivity contribution in [1.29, 1.82) is 0 Å². The van der Waals surface area contributed by atoms with E-state index < -0.39 is 22.0 Å². The average Bonchev–Trinajstić information content (AvgIpc) is 2.43. The fourth-order valence-corrected chi connectivity index (χ4v) is 2.29. The molecule has 1 N–H and O–H groups in total. The third-order valence-electron chi connectivity index (χ3n) is 3.29. The topological polar surface area (TPSA) is 93.6 Å². The van der Waals surface area contributed by atoms with Gasteiger partial charge in [0.25, 0.3) is 0 Å². The van der Waals surface area contributed by atoms with Gasteiger partial charge in [-0.1, -0.05) is 18.2 Å². The number of rotatable bonds is 1. The van der Waals surface area contributed by atoms with Crippen LogP contribution < -0.4 is 5.63 Å². The lowest BCUT2D eigenvalue weighted by Gasteiger charge is -2.06. The molecule has 0 saturated heterocycles. The van der Waals surface area contributed by atoms with E-state index in [1.165, 1.54) is 13.0 Å². The Hall–Kier alpha value is -2.89. The first-order valence-corrected chi connectivity index (χ1v) is 5.83. The summed E-state index contributed by atoms with van der Waals surface area (Å²) in [5.41, 5.74) is -0.604. The van der Waals surface area contributed by atoms with Crippen LogP contribution in [0.15, 0.2) is 39.5 Å². The van der Waals surface area contributed by atoms with Crippen LogP contribution in [0, 0.1) is 17.0 Å². The van der Waals surface area contributed by atoms with Crippen molar-refractivity contribution >= 4 is 27.4 Å². The SMILES string of the molecule is Cc1c(O)c([N+](=O)[O-])cc2c1oc(=O)c1ccccc12. The number of phenolic OH excluding ortho intramolecular Hbond substituents is 1. The zero-order chi connectivity index (χ0) is 14.4. The minimum absolute atomic E-state index is 0.164. The van der Waals surface area contributed by atoms with Crippen LogP contribution in [0.1, 0.15) is 5.56 Å². The monoisotopic (exact) mass is 271 g/mol. The molecule has 6 heteroatoms. The van der Waals surface area contributed by atoms with Crippen LogP contribution in [-0.4, -0.2) is 10.0 Å². The van der Waals surface area contributed by atoms with Crippen LogP contribution in [0.2, 0.25) is 0 Å². The second-order valence-electron chi connectivity index (χ2n) is 4.44. The molecule has 3 aromatic rings. The molecule has 1 heterocycles. The highest BCUT2D eigenvalue weighted by molar-refractivity contribution is 6.06. The molecule has 3 rings (SSSR count). The summed E-state index contributed by atoms with van der Waals surface area (Å²) in [6.45, 7) is 1.47. The van der Waals surface area contributed by atoms with Gasteiger partial charge in [0.15, 0.2) is 0 Å². The summed E-state index contributed by atoms with van der Waals surface area (Å²) in [5.74, 6) is -0.485. The molecule has 6 nitrogen and oxygen atoms in total. The lowest BCUT2D eigenvalue weighted by atomic mass is 10.0. The molecule has 0 saturated carbocycles. The van der Waals surface area contributed by atoms with Crippen molar-refractivity contribution in [3.63, 3.8) is 0 Å². The van der Waals surface area contributed by atoms with Gasteiger partial charge in [0.2, 0.25) is 5.75 Å². The predicted molar refractivity (Wildman–Crippen MR) is 73.0 cm³/mol. The van der Waals surface area contributed by atoms with Crippen molar-refractivity contribution in [3.8, 4) is 5.75 Å². The lowest BCUT2D eigenvalue weighted by molar-refractivity contribution is -0.385. The summed E-state index contributed by atoms with van der Waals surface area (Å²) >= 11 is 0. The number of hydrogen-bond acceptors (Lipinski definition) is 5. The molecule has 0 bridgehead atoms. The summed E-state index contributed by atoms with van der Waals surface area (Å²) in [4.78, 5) is 22.2. The third kappa shape index (κ3) is 1.55. The number of nitro benzene ring substituents is 1. The molecule has 0 radical (unpaired) electrons. The van der Waals surface area contributed by atoms with Gasteiger partial charge in [-0.05, 0) is 13.0 Å². The number of benzene rings is 2. The molecule has 1 aromatic heterocycles. The Labute approximate surface area is 112 Å². The maximum absolute atomic E-state index is 11.9. The van der Waals surface area contributed by atoms with E-state index in [-0.39, 0.29) is 11.1 Å². The molecule has 0 atom stereocenters. The van der Waals surface area contributed by atoms with Gasteiger partial charge in [-0.3, -0.25) is 10.1 Å². The van der Waals surface area contributed by atoms with E-state index in [9.17, 15) is 20.0 Å². The normalized spacial score (nSPS) is 11.1. The number of aryl methyl sites for hydroxylation is 1. The molecule has 2 aromatic carbocycles. The van der Waals surface area contributed by atoms with E-state index in [0.29, 0.717) is 16.2 Å². The van der Waals surface area contributed by atoms with E-state index in [1.54, 1.807) is 24.3 Å². The summed E-state index contributed by atoms with van der Waals surface area (Å²) in [6, 6.07) is 7.92. The molecule has 0 aliphatic heterocycles. The van der Waals surface area contributed by atoms with Gasteiger partial charge in [-0.25, -0.2) is 4.79 Å². The average molecular weight is 271 g/mol. The molecule has 0 aliphatic carbocycles. The quantitative estimate of drug-likeness (QED) is 0.318. The maximum atomic E-state index is 11.9. The molecular weight excluding hydrogens is 262 g/mol.